The Morgan fingerprint density at radius 2 is 1.95 bits per heavy atom. The molecule has 1 N–H and O–H groups in total. The van der Waals surface area contributed by atoms with Crippen LogP contribution in [0.3, 0.4) is 0 Å². The topological polar surface area (TPSA) is 76.1 Å². The van der Waals surface area contributed by atoms with Gasteiger partial charge in [0.1, 0.15) is 5.60 Å². The van der Waals surface area contributed by atoms with Gasteiger partial charge in [0.25, 0.3) is 0 Å². The molecule has 0 spiro atoms. The average Bonchev–Trinajstić information content (AvgIpc) is 2.33. The lowest BCUT2D eigenvalue weighted by molar-refractivity contribution is -0.143. The van der Waals surface area contributed by atoms with Gasteiger partial charge in [-0.05, 0) is 34.6 Å². The number of carbonyl (C=O) groups is 2. The third-order valence-electron chi connectivity index (χ3n) is 2.87. The van der Waals surface area contributed by atoms with Crippen LogP contribution in [0.2, 0.25) is 0 Å². The fourth-order valence-corrected chi connectivity index (χ4v) is 1.84. The van der Waals surface area contributed by atoms with E-state index in [0.29, 0.717) is 0 Å². The Hall–Kier alpha value is -1.30. The van der Waals surface area contributed by atoms with Gasteiger partial charge >= 0.3 is 12.1 Å². The molecule has 0 radical (unpaired) electrons. The highest BCUT2D eigenvalue weighted by atomic mass is 16.6. The molecule has 1 saturated heterocycles. The molecule has 0 aromatic heterocycles. The number of amides is 1. The summed E-state index contributed by atoms with van der Waals surface area (Å²) in [5.74, 6) is -1.69. The van der Waals surface area contributed by atoms with E-state index in [4.69, 9.17) is 14.6 Å². The Morgan fingerprint density at radius 3 is 2.42 bits per heavy atom. The Kier molecular flexibility index (Phi) is 4.45. The zero-order chi connectivity index (χ0) is 14.8. The summed E-state index contributed by atoms with van der Waals surface area (Å²) in [7, 11) is 0. The monoisotopic (exact) mass is 273 g/mol. The summed E-state index contributed by atoms with van der Waals surface area (Å²) in [6.45, 7) is 9.50. The van der Waals surface area contributed by atoms with Gasteiger partial charge in [-0.2, -0.15) is 0 Å². The van der Waals surface area contributed by atoms with Crippen molar-refractivity contribution in [3.8, 4) is 0 Å². The van der Waals surface area contributed by atoms with Crippen LogP contribution in [0.25, 0.3) is 0 Å². The minimum atomic E-state index is -0.966. The van der Waals surface area contributed by atoms with Gasteiger partial charge in [0.15, 0.2) is 0 Å². The Morgan fingerprint density at radius 1 is 1.37 bits per heavy atom. The highest BCUT2D eigenvalue weighted by molar-refractivity contribution is 5.73. The number of carboxylic acids is 1. The fraction of sp³-hybridized carbons (Fsp3) is 0.846. The lowest BCUT2D eigenvalue weighted by Crippen LogP contribution is -2.52. The van der Waals surface area contributed by atoms with Gasteiger partial charge in [-0.3, -0.25) is 9.69 Å². The predicted molar refractivity (Wildman–Crippen MR) is 69.0 cm³/mol. The number of ether oxygens (including phenoxy) is 2. The summed E-state index contributed by atoms with van der Waals surface area (Å²) in [6.07, 6.45) is -0.505. The number of rotatable bonds is 1. The van der Waals surface area contributed by atoms with Crippen molar-refractivity contribution in [1.82, 2.24) is 4.90 Å². The normalized spacial score (nSPS) is 23.6. The van der Waals surface area contributed by atoms with E-state index in [1.807, 2.05) is 13.8 Å². The second kappa shape index (κ2) is 5.36. The summed E-state index contributed by atoms with van der Waals surface area (Å²) in [5.41, 5.74) is -1.20. The van der Waals surface area contributed by atoms with Gasteiger partial charge in [0.05, 0.1) is 24.7 Å². The molecule has 110 valence electrons. The maximum Gasteiger partial charge on any atom is 0.410 e. The molecule has 0 aromatic rings. The molecule has 1 rings (SSSR count). The zero-order valence-electron chi connectivity index (χ0n) is 12.2. The smallest absolute Gasteiger partial charge is 0.410 e. The van der Waals surface area contributed by atoms with Crippen molar-refractivity contribution >= 4 is 12.1 Å². The first kappa shape index (κ1) is 15.8. The van der Waals surface area contributed by atoms with Gasteiger partial charge < -0.3 is 14.6 Å². The Balaban J connectivity index is 2.90. The quantitative estimate of drug-likeness (QED) is 0.787. The predicted octanol–water partition coefficient (Wildman–Crippen LogP) is 1.73. The van der Waals surface area contributed by atoms with Gasteiger partial charge in [-0.1, -0.05) is 0 Å². The molecule has 0 bridgehead atoms. The first-order valence-electron chi connectivity index (χ1n) is 6.34. The van der Waals surface area contributed by atoms with Crippen LogP contribution in [0.5, 0.6) is 0 Å². The average molecular weight is 273 g/mol. The number of hydrogen-bond donors (Lipinski definition) is 1. The van der Waals surface area contributed by atoms with Gasteiger partial charge in [0, 0.05) is 6.54 Å². The van der Waals surface area contributed by atoms with Crippen molar-refractivity contribution in [2.45, 2.75) is 45.8 Å². The Labute approximate surface area is 113 Å². The van der Waals surface area contributed by atoms with E-state index in [1.54, 1.807) is 20.8 Å². The van der Waals surface area contributed by atoms with Crippen LogP contribution in [0.1, 0.15) is 34.6 Å². The largest absolute Gasteiger partial charge is 0.481 e. The molecular weight excluding hydrogens is 250 g/mol. The standard InChI is InChI=1S/C13H23NO5/c1-12(2,3)19-11(17)14-6-9(10(15)16)7-18-8-13(14,4)5/h9H,6-8H2,1-5H3,(H,15,16)/t9-/m0/s1. The minimum Gasteiger partial charge on any atom is -0.481 e. The van der Waals surface area contributed by atoms with E-state index in [9.17, 15) is 9.59 Å². The van der Waals surface area contributed by atoms with Crippen LogP contribution in [-0.2, 0) is 14.3 Å². The molecule has 6 heteroatoms. The highest BCUT2D eigenvalue weighted by Gasteiger charge is 2.39. The molecule has 0 saturated carbocycles. The molecule has 0 unspecified atom stereocenters. The van der Waals surface area contributed by atoms with E-state index in [0.717, 1.165) is 0 Å². The second-order valence-corrected chi connectivity index (χ2v) is 6.45. The van der Waals surface area contributed by atoms with E-state index in [2.05, 4.69) is 0 Å². The van der Waals surface area contributed by atoms with Crippen LogP contribution < -0.4 is 0 Å². The number of hydrogen-bond acceptors (Lipinski definition) is 4. The van der Waals surface area contributed by atoms with Crippen molar-refractivity contribution in [3.05, 3.63) is 0 Å². The molecule has 6 nitrogen and oxygen atoms in total. The van der Waals surface area contributed by atoms with Crippen molar-refractivity contribution in [3.63, 3.8) is 0 Å². The third-order valence-corrected chi connectivity index (χ3v) is 2.87. The van der Waals surface area contributed by atoms with Crippen molar-refractivity contribution in [1.29, 1.82) is 0 Å². The van der Waals surface area contributed by atoms with Crippen LogP contribution in [0.15, 0.2) is 0 Å². The van der Waals surface area contributed by atoms with Crippen molar-refractivity contribution < 1.29 is 24.2 Å². The second-order valence-electron chi connectivity index (χ2n) is 6.45. The van der Waals surface area contributed by atoms with Crippen molar-refractivity contribution in [2.24, 2.45) is 5.92 Å². The highest BCUT2D eigenvalue weighted by Crippen LogP contribution is 2.24. The summed E-state index contributed by atoms with van der Waals surface area (Å²) < 4.78 is 10.7. The first-order valence-corrected chi connectivity index (χ1v) is 6.34. The van der Waals surface area contributed by atoms with Crippen LogP contribution >= 0.6 is 0 Å². The van der Waals surface area contributed by atoms with Crippen LogP contribution in [0, 0.1) is 5.92 Å². The van der Waals surface area contributed by atoms with Gasteiger partial charge in [-0.15, -0.1) is 0 Å². The summed E-state index contributed by atoms with van der Waals surface area (Å²) in [6, 6.07) is 0. The van der Waals surface area contributed by atoms with E-state index in [-0.39, 0.29) is 19.8 Å². The lowest BCUT2D eigenvalue weighted by atomic mass is 10.0. The zero-order valence-corrected chi connectivity index (χ0v) is 12.2. The molecule has 1 heterocycles. The Bertz CT molecular complexity index is 359. The molecule has 1 atom stereocenters. The maximum atomic E-state index is 12.2. The van der Waals surface area contributed by atoms with Crippen molar-refractivity contribution in [2.75, 3.05) is 19.8 Å². The number of aliphatic carboxylic acids is 1. The molecule has 1 amide bonds. The van der Waals surface area contributed by atoms with Crippen LogP contribution in [-0.4, -0.2) is 53.0 Å². The molecule has 0 aromatic carbocycles. The third kappa shape index (κ3) is 4.38. The number of carboxylic acid groups (broad SMARTS) is 1. The number of carbonyl (C=O) groups excluding carboxylic acids is 1. The molecule has 19 heavy (non-hydrogen) atoms. The minimum absolute atomic E-state index is 0.0945. The summed E-state index contributed by atoms with van der Waals surface area (Å²) in [4.78, 5) is 24.8. The molecular formula is C13H23NO5. The molecule has 1 aliphatic heterocycles. The molecule has 1 fully saturated rings. The fourth-order valence-electron chi connectivity index (χ4n) is 1.84. The summed E-state index contributed by atoms with van der Waals surface area (Å²) >= 11 is 0. The summed E-state index contributed by atoms with van der Waals surface area (Å²) in [5, 5.41) is 9.11. The molecule has 1 aliphatic rings. The molecule has 0 aliphatic carbocycles. The maximum absolute atomic E-state index is 12.2. The van der Waals surface area contributed by atoms with Gasteiger partial charge in [0.2, 0.25) is 0 Å². The lowest BCUT2D eigenvalue weighted by Gasteiger charge is -2.37. The first-order chi connectivity index (χ1) is 8.53. The van der Waals surface area contributed by atoms with E-state index in [1.165, 1.54) is 4.90 Å². The van der Waals surface area contributed by atoms with Crippen LogP contribution in [0.4, 0.5) is 4.79 Å². The van der Waals surface area contributed by atoms with E-state index < -0.39 is 29.1 Å². The number of nitrogens with zero attached hydrogens (tertiary/aromatic N) is 1. The van der Waals surface area contributed by atoms with Gasteiger partial charge in [-0.25, -0.2) is 4.79 Å². The van der Waals surface area contributed by atoms with E-state index >= 15 is 0 Å². The SMILES string of the molecule is CC(C)(C)OC(=O)N1C[C@H](C(=O)O)COCC1(C)C.